The summed E-state index contributed by atoms with van der Waals surface area (Å²) in [5.74, 6) is 0.170. The van der Waals surface area contributed by atoms with Gasteiger partial charge in [-0.05, 0) is 41.5 Å². The average molecular weight is 478 g/mol. The summed E-state index contributed by atoms with van der Waals surface area (Å²) in [6, 6.07) is 24.1. The molecular formula is C27H25Cl2N3O. The van der Waals surface area contributed by atoms with Crippen LogP contribution in [0.1, 0.15) is 11.1 Å². The molecule has 1 fully saturated rings. The molecule has 0 radical (unpaired) electrons. The van der Waals surface area contributed by atoms with Crippen molar-refractivity contribution in [1.82, 2.24) is 9.47 Å². The van der Waals surface area contributed by atoms with E-state index >= 15 is 0 Å². The lowest BCUT2D eigenvalue weighted by Crippen LogP contribution is -2.49. The molecule has 0 N–H and O–H groups in total. The second-order valence-electron chi connectivity index (χ2n) is 8.42. The lowest BCUT2D eigenvalue weighted by atomic mass is 10.1. The van der Waals surface area contributed by atoms with Crippen LogP contribution in [-0.4, -0.2) is 41.6 Å². The van der Waals surface area contributed by atoms with E-state index in [1.807, 2.05) is 65.6 Å². The van der Waals surface area contributed by atoms with Crippen molar-refractivity contribution in [3.8, 4) is 0 Å². The van der Waals surface area contributed by atoms with E-state index in [4.69, 9.17) is 23.2 Å². The normalized spacial score (nSPS) is 14.1. The van der Waals surface area contributed by atoms with Crippen LogP contribution < -0.4 is 4.90 Å². The Morgan fingerprint density at radius 3 is 2.27 bits per heavy atom. The Morgan fingerprint density at radius 1 is 0.818 bits per heavy atom. The molecule has 0 spiro atoms. The molecule has 4 aromatic rings. The van der Waals surface area contributed by atoms with E-state index in [2.05, 4.69) is 27.8 Å². The van der Waals surface area contributed by atoms with Gasteiger partial charge in [-0.2, -0.15) is 0 Å². The minimum atomic E-state index is 0.170. The highest BCUT2D eigenvalue weighted by Gasteiger charge is 2.23. The number of carbonyl (C=O) groups is 1. The zero-order valence-corrected chi connectivity index (χ0v) is 19.8. The number of amides is 1. The Balaban J connectivity index is 1.30. The third-order valence-corrected chi connectivity index (χ3v) is 6.88. The maximum atomic E-state index is 13.2. The molecule has 4 nitrogen and oxygen atoms in total. The third kappa shape index (κ3) is 4.73. The Labute approximate surface area is 203 Å². The SMILES string of the molecule is O=C(Cc1cn(Cc2ccc(Cl)cc2)c2ccccc12)N1CCN(c2ccccc2Cl)CC1. The molecule has 6 heteroatoms. The molecule has 0 bridgehead atoms. The number of aromatic nitrogens is 1. The fraction of sp³-hybridized carbons (Fsp3) is 0.222. The predicted molar refractivity (Wildman–Crippen MR) is 136 cm³/mol. The molecule has 0 aliphatic carbocycles. The largest absolute Gasteiger partial charge is 0.367 e. The zero-order chi connectivity index (χ0) is 22.8. The van der Waals surface area contributed by atoms with Crippen LogP contribution in [0.2, 0.25) is 10.0 Å². The molecule has 1 saturated heterocycles. The first-order valence-corrected chi connectivity index (χ1v) is 11.9. The fourth-order valence-electron chi connectivity index (χ4n) is 4.56. The topological polar surface area (TPSA) is 28.5 Å². The number of hydrogen-bond donors (Lipinski definition) is 0. The fourth-order valence-corrected chi connectivity index (χ4v) is 4.94. The highest BCUT2D eigenvalue weighted by Crippen LogP contribution is 2.27. The van der Waals surface area contributed by atoms with Crippen LogP contribution in [0.5, 0.6) is 0 Å². The van der Waals surface area contributed by atoms with E-state index in [0.717, 1.165) is 51.8 Å². The maximum Gasteiger partial charge on any atom is 0.227 e. The monoisotopic (exact) mass is 477 g/mol. The summed E-state index contributed by atoms with van der Waals surface area (Å²) in [4.78, 5) is 17.4. The van der Waals surface area contributed by atoms with E-state index < -0.39 is 0 Å². The summed E-state index contributed by atoms with van der Waals surface area (Å²) >= 11 is 12.4. The molecule has 1 amide bonds. The molecule has 0 saturated carbocycles. The number of nitrogens with zero attached hydrogens (tertiary/aromatic N) is 3. The minimum absolute atomic E-state index is 0.170. The second-order valence-corrected chi connectivity index (χ2v) is 9.27. The number of para-hydroxylation sites is 2. The number of hydrogen-bond acceptors (Lipinski definition) is 2. The molecule has 3 aromatic carbocycles. The van der Waals surface area contributed by atoms with Crippen molar-refractivity contribution in [2.45, 2.75) is 13.0 Å². The van der Waals surface area contributed by atoms with Gasteiger partial charge in [0.1, 0.15) is 0 Å². The molecule has 1 aromatic heterocycles. The first-order valence-electron chi connectivity index (χ1n) is 11.2. The van der Waals surface area contributed by atoms with Crippen molar-refractivity contribution in [1.29, 1.82) is 0 Å². The van der Waals surface area contributed by atoms with E-state index in [9.17, 15) is 4.79 Å². The van der Waals surface area contributed by atoms with Gasteiger partial charge in [-0.25, -0.2) is 0 Å². The summed E-state index contributed by atoms with van der Waals surface area (Å²) in [6.07, 6.45) is 2.53. The molecule has 1 aliphatic heterocycles. The number of anilines is 1. The van der Waals surface area contributed by atoms with Crippen LogP contribution in [0.3, 0.4) is 0 Å². The van der Waals surface area contributed by atoms with Gasteiger partial charge >= 0.3 is 0 Å². The second kappa shape index (κ2) is 9.50. The number of halogens is 2. The van der Waals surface area contributed by atoms with Crippen molar-refractivity contribution < 1.29 is 4.79 Å². The van der Waals surface area contributed by atoms with Crippen molar-refractivity contribution >= 4 is 45.7 Å². The van der Waals surface area contributed by atoms with Gasteiger partial charge in [0.2, 0.25) is 5.91 Å². The van der Waals surface area contributed by atoms with Crippen LogP contribution in [0.4, 0.5) is 5.69 Å². The first-order chi connectivity index (χ1) is 16.1. The van der Waals surface area contributed by atoms with Crippen molar-refractivity contribution in [2.24, 2.45) is 0 Å². The standard InChI is InChI=1S/C27H25Cl2N3O/c28-22-11-9-20(10-12-22)18-32-19-21(23-5-1-3-7-25(23)32)17-27(33)31-15-13-30(14-16-31)26-8-4-2-6-24(26)29/h1-12,19H,13-18H2. The van der Waals surface area contributed by atoms with Gasteiger partial charge in [0, 0.05) is 54.8 Å². The quantitative estimate of drug-likeness (QED) is 0.358. The highest BCUT2D eigenvalue weighted by molar-refractivity contribution is 6.33. The lowest BCUT2D eigenvalue weighted by Gasteiger charge is -2.36. The van der Waals surface area contributed by atoms with Gasteiger partial charge in [0.25, 0.3) is 0 Å². The Morgan fingerprint density at radius 2 is 1.52 bits per heavy atom. The van der Waals surface area contributed by atoms with Gasteiger partial charge in [0.05, 0.1) is 17.1 Å². The number of piperazine rings is 1. The lowest BCUT2D eigenvalue weighted by molar-refractivity contribution is -0.130. The predicted octanol–water partition coefficient (Wildman–Crippen LogP) is 5.89. The Bertz CT molecular complexity index is 1270. The van der Waals surface area contributed by atoms with Crippen LogP contribution in [0, 0.1) is 0 Å². The van der Waals surface area contributed by atoms with Gasteiger partial charge < -0.3 is 14.4 Å². The van der Waals surface area contributed by atoms with Crippen molar-refractivity contribution in [3.05, 3.63) is 100 Å². The van der Waals surface area contributed by atoms with E-state index in [-0.39, 0.29) is 5.91 Å². The Hall–Kier alpha value is -2.95. The number of benzene rings is 3. The molecular weight excluding hydrogens is 453 g/mol. The van der Waals surface area contributed by atoms with E-state index in [1.165, 1.54) is 5.56 Å². The van der Waals surface area contributed by atoms with Gasteiger partial charge in [-0.15, -0.1) is 0 Å². The average Bonchev–Trinajstić information content (AvgIpc) is 3.18. The molecule has 2 heterocycles. The number of fused-ring (bicyclic) bond motifs is 1. The van der Waals surface area contributed by atoms with Gasteiger partial charge in [-0.3, -0.25) is 4.79 Å². The van der Waals surface area contributed by atoms with Gasteiger partial charge in [-0.1, -0.05) is 65.7 Å². The smallest absolute Gasteiger partial charge is 0.227 e. The molecule has 0 atom stereocenters. The van der Waals surface area contributed by atoms with E-state index in [0.29, 0.717) is 19.5 Å². The summed E-state index contributed by atoms with van der Waals surface area (Å²) in [6.45, 7) is 3.71. The van der Waals surface area contributed by atoms with Crippen LogP contribution in [-0.2, 0) is 17.8 Å². The number of rotatable bonds is 5. The van der Waals surface area contributed by atoms with Crippen LogP contribution in [0.15, 0.2) is 79.0 Å². The summed E-state index contributed by atoms with van der Waals surface area (Å²) in [5.41, 5.74) is 4.42. The summed E-state index contributed by atoms with van der Waals surface area (Å²) in [5, 5.41) is 2.62. The molecule has 1 aliphatic rings. The number of carbonyl (C=O) groups excluding carboxylic acids is 1. The summed E-state index contributed by atoms with van der Waals surface area (Å²) < 4.78 is 2.22. The molecule has 5 rings (SSSR count). The van der Waals surface area contributed by atoms with Crippen molar-refractivity contribution in [2.75, 3.05) is 31.1 Å². The summed E-state index contributed by atoms with van der Waals surface area (Å²) in [7, 11) is 0. The first kappa shape index (κ1) is 21.9. The zero-order valence-electron chi connectivity index (χ0n) is 18.3. The van der Waals surface area contributed by atoms with E-state index in [1.54, 1.807) is 0 Å². The maximum absolute atomic E-state index is 13.2. The molecule has 33 heavy (non-hydrogen) atoms. The van der Waals surface area contributed by atoms with Gasteiger partial charge in [0.15, 0.2) is 0 Å². The third-order valence-electron chi connectivity index (χ3n) is 6.30. The minimum Gasteiger partial charge on any atom is -0.367 e. The van der Waals surface area contributed by atoms with Crippen LogP contribution >= 0.6 is 23.2 Å². The Kier molecular flexibility index (Phi) is 6.30. The highest BCUT2D eigenvalue weighted by atomic mass is 35.5. The van der Waals surface area contributed by atoms with Crippen molar-refractivity contribution in [3.63, 3.8) is 0 Å². The molecule has 168 valence electrons. The van der Waals surface area contributed by atoms with Crippen LogP contribution in [0.25, 0.3) is 10.9 Å². The molecule has 0 unspecified atom stereocenters.